The highest BCUT2D eigenvalue weighted by molar-refractivity contribution is 6.79. The van der Waals surface area contributed by atoms with E-state index in [1.54, 1.807) is 0 Å². The van der Waals surface area contributed by atoms with Gasteiger partial charge >= 0.3 is 6.09 Å². The van der Waals surface area contributed by atoms with Crippen LogP contribution in [0.3, 0.4) is 0 Å². The first-order valence-electron chi connectivity index (χ1n) is 14.4. The maximum Gasteiger partial charge on any atom is 0.407 e. The number of carbonyl (C=O) groups excluding carboxylic acids is 1. The molecule has 1 N–H and O–H groups in total. The van der Waals surface area contributed by atoms with Crippen molar-refractivity contribution in [1.29, 1.82) is 0 Å². The summed E-state index contributed by atoms with van der Waals surface area (Å²) in [7, 11) is -1.77. The summed E-state index contributed by atoms with van der Waals surface area (Å²) in [5.41, 5.74) is 3.85. The van der Waals surface area contributed by atoms with Crippen LogP contribution in [0.2, 0.25) is 18.1 Å². The SMILES string of the molecule is C[C@@H]1CC[C@@H](C(C)(C)c2ccccc2)[C@H](OC(=O)NCCc2cn([Si](C)(C)C(C)(C)C)c3ccccc23)C1. The van der Waals surface area contributed by atoms with Crippen LogP contribution < -0.4 is 5.32 Å². The van der Waals surface area contributed by atoms with Gasteiger partial charge in [-0.1, -0.05) is 110 Å². The molecular weight excluding hydrogens is 484 g/mol. The van der Waals surface area contributed by atoms with Crippen molar-refractivity contribution in [3.05, 3.63) is 71.9 Å². The molecule has 0 bridgehead atoms. The minimum Gasteiger partial charge on any atom is -0.446 e. The van der Waals surface area contributed by atoms with E-state index in [2.05, 4.69) is 125 Å². The number of para-hydroxylation sites is 1. The topological polar surface area (TPSA) is 43.3 Å². The molecule has 1 aromatic heterocycles. The molecule has 2 aromatic carbocycles. The molecule has 206 valence electrons. The van der Waals surface area contributed by atoms with E-state index in [-0.39, 0.29) is 22.7 Å². The number of hydrogen-bond donors (Lipinski definition) is 1. The van der Waals surface area contributed by atoms with Crippen molar-refractivity contribution in [2.45, 2.75) is 96.9 Å². The van der Waals surface area contributed by atoms with Gasteiger partial charge in [0.25, 0.3) is 0 Å². The van der Waals surface area contributed by atoms with E-state index in [0.29, 0.717) is 18.4 Å². The van der Waals surface area contributed by atoms with Gasteiger partial charge in [0.2, 0.25) is 0 Å². The monoisotopic (exact) mass is 532 g/mol. The van der Waals surface area contributed by atoms with Crippen molar-refractivity contribution in [3.63, 3.8) is 0 Å². The molecule has 1 fully saturated rings. The number of nitrogens with zero attached hydrogens (tertiary/aromatic N) is 1. The normalized spacial score (nSPS) is 20.9. The van der Waals surface area contributed by atoms with Crippen LogP contribution in [0, 0.1) is 11.8 Å². The first-order chi connectivity index (χ1) is 17.8. The number of alkyl carbamates (subject to hydrolysis) is 1. The molecule has 1 aliphatic carbocycles. The maximum absolute atomic E-state index is 13.0. The minimum atomic E-state index is -1.77. The summed E-state index contributed by atoms with van der Waals surface area (Å²) in [6.07, 6.45) is 5.96. The molecule has 4 nitrogen and oxygen atoms in total. The molecule has 1 saturated carbocycles. The average molecular weight is 533 g/mol. The van der Waals surface area contributed by atoms with E-state index in [4.69, 9.17) is 4.74 Å². The second kappa shape index (κ2) is 10.9. The molecule has 1 amide bonds. The van der Waals surface area contributed by atoms with Gasteiger partial charge in [-0.3, -0.25) is 0 Å². The number of hydrogen-bond acceptors (Lipinski definition) is 2. The third-order valence-corrected chi connectivity index (χ3v) is 14.9. The zero-order chi connectivity index (χ0) is 27.7. The summed E-state index contributed by atoms with van der Waals surface area (Å²) in [5.74, 6) is 0.867. The van der Waals surface area contributed by atoms with Crippen molar-refractivity contribution in [2.75, 3.05) is 6.54 Å². The summed E-state index contributed by atoms with van der Waals surface area (Å²) in [5, 5.41) is 4.61. The summed E-state index contributed by atoms with van der Waals surface area (Å²) < 4.78 is 8.71. The Morgan fingerprint density at radius 2 is 1.66 bits per heavy atom. The first-order valence-corrected chi connectivity index (χ1v) is 17.4. The zero-order valence-electron chi connectivity index (χ0n) is 24.8. The van der Waals surface area contributed by atoms with E-state index < -0.39 is 8.24 Å². The van der Waals surface area contributed by atoms with Gasteiger partial charge in [0.1, 0.15) is 6.10 Å². The highest BCUT2D eigenvalue weighted by Gasteiger charge is 2.42. The molecule has 5 heteroatoms. The van der Waals surface area contributed by atoms with Gasteiger partial charge in [-0.2, -0.15) is 0 Å². The predicted molar refractivity (Wildman–Crippen MR) is 162 cm³/mol. The lowest BCUT2D eigenvalue weighted by molar-refractivity contribution is -0.00308. The van der Waals surface area contributed by atoms with Gasteiger partial charge in [-0.25, -0.2) is 4.79 Å². The zero-order valence-corrected chi connectivity index (χ0v) is 25.8. The molecule has 0 aliphatic heterocycles. The van der Waals surface area contributed by atoms with Gasteiger partial charge in [-0.15, -0.1) is 0 Å². The van der Waals surface area contributed by atoms with Gasteiger partial charge < -0.3 is 14.3 Å². The smallest absolute Gasteiger partial charge is 0.407 e. The van der Waals surface area contributed by atoms with Crippen molar-refractivity contribution in [3.8, 4) is 0 Å². The van der Waals surface area contributed by atoms with Crippen LogP contribution in [0.4, 0.5) is 4.79 Å². The Bertz CT molecular complexity index is 1240. The Labute approximate surface area is 231 Å². The molecule has 38 heavy (non-hydrogen) atoms. The molecule has 0 saturated heterocycles. The Kier molecular flexibility index (Phi) is 8.18. The number of amides is 1. The molecule has 0 unspecified atom stereocenters. The third kappa shape index (κ3) is 5.73. The second-order valence-electron chi connectivity index (χ2n) is 13.6. The molecular formula is C33H48N2O2Si. The quantitative estimate of drug-likeness (QED) is 0.310. The summed E-state index contributed by atoms with van der Waals surface area (Å²) >= 11 is 0. The third-order valence-electron chi connectivity index (χ3n) is 9.65. The highest BCUT2D eigenvalue weighted by Crippen LogP contribution is 2.44. The lowest BCUT2D eigenvalue weighted by Gasteiger charge is -2.43. The van der Waals surface area contributed by atoms with Gasteiger partial charge in [-0.05, 0) is 59.0 Å². The van der Waals surface area contributed by atoms with Gasteiger partial charge in [0, 0.05) is 23.4 Å². The standard InChI is InChI=1S/C33H48N2O2Si/c1-24-18-19-28(33(5,6)26-14-10-9-11-15-26)30(22-24)37-31(36)34-21-20-25-23-35(38(7,8)32(2,3)4)29-17-13-12-16-27(25)29/h9-17,23-24,28,30H,18-22H2,1-8H3,(H,34,36)/t24-,28-,30-/m1/s1. The Hall–Kier alpha value is -2.53. The average Bonchev–Trinajstić information content (AvgIpc) is 3.23. The highest BCUT2D eigenvalue weighted by atomic mass is 28.3. The fourth-order valence-electron chi connectivity index (χ4n) is 6.12. The van der Waals surface area contributed by atoms with Crippen LogP contribution in [-0.2, 0) is 16.6 Å². The molecule has 3 aromatic rings. The lowest BCUT2D eigenvalue weighted by Crippen LogP contribution is -2.45. The largest absolute Gasteiger partial charge is 0.446 e. The van der Waals surface area contributed by atoms with Crippen molar-refractivity contribution >= 4 is 25.2 Å². The summed E-state index contributed by atoms with van der Waals surface area (Å²) in [6, 6.07) is 19.4. The molecule has 1 heterocycles. The molecule has 1 aliphatic rings. The number of benzene rings is 2. The van der Waals surface area contributed by atoms with Crippen LogP contribution in [0.5, 0.6) is 0 Å². The number of fused-ring (bicyclic) bond motifs is 1. The van der Waals surface area contributed by atoms with Crippen LogP contribution in [0.15, 0.2) is 60.8 Å². The van der Waals surface area contributed by atoms with E-state index in [0.717, 1.165) is 19.3 Å². The molecule has 3 atom stereocenters. The van der Waals surface area contributed by atoms with E-state index in [1.807, 2.05) is 0 Å². The fraction of sp³-hybridized carbons (Fsp3) is 0.545. The summed E-state index contributed by atoms with van der Waals surface area (Å²) in [6.45, 7) is 19.4. The maximum atomic E-state index is 13.0. The Balaban J connectivity index is 1.44. The van der Waals surface area contributed by atoms with E-state index in [9.17, 15) is 4.79 Å². The molecule has 4 rings (SSSR count). The number of carbonyl (C=O) groups is 1. The van der Waals surface area contributed by atoms with Crippen molar-refractivity contribution < 1.29 is 9.53 Å². The minimum absolute atomic E-state index is 0.0576. The van der Waals surface area contributed by atoms with E-state index in [1.165, 1.54) is 28.5 Å². The number of rotatable bonds is 7. The molecule has 0 spiro atoms. The predicted octanol–water partition coefficient (Wildman–Crippen LogP) is 8.55. The van der Waals surface area contributed by atoms with Gasteiger partial charge in [0.15, 0.2) is 8.24 Å². The Morgan fingerprint density at radius 3 is 2.34 bits per heavy atom. The van der Waals surface area contributed by atoms with Gasteiger partial charge in [0.05, 0.1) is 0 Å². The van der Waals surface area contributed by atoms with Crippen molar-refractivity contribution in [1.82, 2.24) is 9.55 Å². The van der Waals surface area contributed by atoms with Crippen LogP contribution in [0.25, 0.3) is 10.9 Å². The van der Waals surface area contributed by atoms with Crippen LogP contribution >= 0.6 is 0 Å². The van der Waals surface area contributed by atoms with E-state index >= 15 is 0 Å². The lowest BCUT2D eigenvalue weighted by atomic mass is 9.64. The van der Waals surface area contributed by atoms with Crippen LogP contribution in [0.1, 0.15) is 71.9 Å². The van der Waals surface area contributed by atoms with Crippen LogP contribution in [-0.4, -0.2) is 31.2 Å². The number of aromatic nitrogens is 1. The summed E-state index contributed by atoms with van der Waals surface area (Å²) in [4.78, 5) is 13.0. The number of ether oxygens (including phenoxy) is 1. The number of nitrogens with one attached hydrogen (secondary N) is 1. The second-order valence-corrected chi connectivity index (χ2v) is 18.7. The molecule has 0 radical (unpaired) electrons. The first kappa shape index (κ1) is 28.5. The fourth-order valence-corrected chi connectivity index (χ4v) is 8.12. The Morgan fingerprint density at radius 1 is 1.00 bits per heavy atom. The van der Waals surface area contributed by atoms with Crippen molar-refractivity contribution in [2.24, 2.45) is 11.8 Å².